The van der Waals surface area contributed by atoms with Gasteiger partial charge >= 0.3 is 0 Å². The molecular formula is C12H13N3O3. The highest BCUT2D eigenvalue weighted by atomic mass is 16.6. The number of non-ortho nitro benzene ring substituents is 1. The standard InChI is InChI=1S/C12H13N3O3/c1-3-4-11(13-2)14-12(16)9-5-7-10(8-6-9)15(17)18/h3-8H,1-2H3,(H,13,14,16)/b4-3-. The minimum absolute atomic E-state index is 0.0515. The molecule has 94 valence electrons. The first-order chi connectivity index (χ1) is 8.58. The van der Waals surface area contributed by atoms with E-state index in [1.54, 1.807) is 19.2 Å². The van der Waals surface area contributed by atoms with E-state index in [9.17, 15) is 14.9 Å². The molecule has 1 aromatic carbocycles. The first-order valence-corrected chi connectivity index (χ1v) is 5.23. The molecule has 0 radical (unpaired) electrons. The fourth-order valence-electron chi connectivity index (χ4n) is 1.25. The van der Waals surface area contributed by atoms with Crippen LogP contribution in [0, 0.1) is 10.1 Å². The predicted molar refractivity (Wildman–Crippen MR) is 68.7 cm³/mol. The third kappa shape index (κ3) is 3.51. The third-order valence-electron chi connectivity index (χ3n) is 2.15. The maximum atomic E-state index is 11.8. The van der Waals surface area contributed by atoms with Gasteiger partial charge < -0.3 is 5.32 Å². The van der Waals surface area contributed by atoms with E-state index >= 15 is 0 Å². The highest BCUT2D eigenvalue weighted by molar-refractivity contribution is 6.10. The average molecular weight is 247 g/mol. The van der Waals surface area contributed by atoms with Crippen LogP contribution < -0.4 is 5.32 Å². The minimum Gasteiger partial charge on any atom is -0.307 e. The summed E-state index contributed by atoms with van der Waals surface area (Å²) in [7, 11) is 1.56. The van der Waals surface area contributed by atoms with Crippen LogP contribution in [-0.2, 0) is 0 Å². The number of hydrogen-bond acceptors (Lipinski definition) is 4. The Morgan fingerprint density at radius 1 is 1.39 bits per heavy atom. The van der Waals surface area contributed by atoms with Crippen molar-refractivity contribution in [2.75, 3.05) is 7.05 Å². The number of amides is 1. The van der Waals surface area contributed by atoms with Crippen LogP contribution in [0.5, 0.6) is 0 Å². The quantitative estimate of drug-likeness (QED) is 0.383. The Kier molecular flexibility index (Phi) is 4.74. The van der Waals surface area contributed by atoms with Gasteiger partial charge in [-0.25, -0.2) is 0 Å². The summed E-state index contributed by atoms with van der Waals surface area (Å²) in [5, 5.41) is 13.1. The Morgan fingerprint density at radius 3 is 2.44 bits per heavy atom. The van der Waals surface area contributed by atoms with Gasteiger partial charge in [0.2, 0.25) is 0 Å². The number of amidine groups is 1. The van der Waals surface area contributed by atoms with Crippen molar-refractivity contribution >= 4 is 17.4 Å². The molecule has 0 unspecified atom stereocenters. The lowest BCUT2D eigenvalue weighted by molar-refractivity contribution is -0.384. The zero-order valence-corrected chi connectivity index (χ0v) is 10.1. The lowest BCUT2D eigenvalue weighted by Gasteiger charge is -2.04. The molecule has 0 atom stereocenters. The fraction of sp³-hybridized carbons (Fsp3) is 0.167. The van der Waals surface area contributed by atoms with Crippen LogP contribution in [0.15, 0.2) is 41.4 Å². The number of allylic oxidation sites excluding steroid dienone is 1. The zero-order valence-electron chi connectivity index (χ0n) is 10.1. The molecule has 0 aliphatic heterocycles. The summed E-state index contributed by atoms with van der Waals surface area (Å²) >= 11 is 0. The number of nitro groups is 1. The summed E-state index contributed by atoms with van der Waals surface area (Å²) < 4.78 is 0. The summed E-state index contributed by atoms with van der Waals surface area (Å²) in [5.41, 5.74) is 0.288. The van der Waals surface area contributed by atoms with E-state index < -0.39 is 4.92 Å². The smallest absolute Gasteiger partial charge is 0.269 e. The molecule has 1 aromatic rings. The highest BCUT2D eigenvalue weighted by Crippen LogP contribution is 2.11. The topological polar surface area (TPSA) is 84.6 Å². The Bertz CT molecular complexity index is 504. The van der Waals surface area contributed by atoms with E-state index in [0.29, 0.717) is 11.4 Å². The molecule has 1 amide bonds. The monoisotopic (exact) mass is 247 g/mol. The molecule has 0 spiro atoms. The number of hydrogen-bond donors (Lipinski definition) is 1. The number of aliphatic imine (C=N–C) groups is 1. The van der Waals surface area contributed by atoms with Crippen molar-refractivity contribution in [2.45, 2.75) is 6.92 Å². The van der Waals surface area contributed by atoms with Gasteiger partial charge in [0.1, 0.15) is 5.84 Å². The number of carbonyl (C=O) groups is 1. The van der Waals surface area contributed by atoms with Crippen LogP contribution in [0.4, 0.5) is 5.69 Å². The molecule has 0 fully saturated rings. The van der Waals surface area contributed by atoms with Crippen LogP contribution in [0.3, 0.4) is 0 Å². The maximum absolute atomic E-state index is 11.8. The van der Waals surface area contributed by atoms with Crippen LogP contribution in [0.1, 0.15) is 17.3 Å². The fourth-order valence-corrected chi connectivity index (χ4v) is 1.25. The van der Waals surface area contributed by atoms with Gasteiger partial charge in [-0.3, -0.25) is 19.9 Å². The van der Waals surface area contributed by atoms with Crippen molar-refractivity contribution < 1.29 is 9.72 Å². The molecule has 0 aliphatic carbocycles. The van der Waals surface area contributed by atoms with Gasteiger partial charge in [-0.15, -0.1) is 0 Å². The first-order valence-electron chi connectivity index (χ1n) is 5.23. The Morgan fingerprint density at radius 2 is 2.00 bits per heavy atom. The number of nitrogens with zero attached hydrogens (tertiary/aromatic N) is 2. The second-order valence-corrected chi connectivity index (χ2v) is 3.37. The van der Waals surface area contributed by atoms with Crippen molar-refractivity contribution in [1.29, 1.82) is 0 Å². The largest absolute Gasteiger partial charge is 0.307 e. The molecule has 1 N–H and O–H groups in total. The van der Waals surface area contributed by atoms with Crippen molar-refractivity contribution in [1.82, 2.24) is 5.32 Å². The molecule has 6 heteroatoms. The number of nitrogens with one attached hydrogen (secondary N) is 1. The molecule has 0 aromatic heterocycles. The SMILES string of the molecule is C/C=C\C(=NC)NC(=O)c1ccc([N+](=O)[O-])cc1. The summed E-state index contributed by atoms with van der Waals surface area (Å²) in [6.07, 6.45) is 3.40. The van der Waals surface area contributed by atoms with Crippen molar-refractivity contribution in [3.8, 4) is 0 Å². The predicted octanol–water partition coefficient (Wildman–Crippen LogP) is 1.93. The Balaban J connectivity index is 2.82. The highest BCUT2D eigenvalue weighted by Gasteiger charge is 2.09. The van der Waals surface area contributed by atoms with Crippen LogP contribution >= 0.6 is 0 Å². The lowest BCUT2D eigenvalue weighted by Crippen LogP contribution is -2.29. The molecule has 6 nitrogen and oxygen atoms in total. The van der Waals surface area contributed by atoms with E-state index in [2.05, 4.69) is 10.3 Å². The van der Waals surface area contributed by atoms with Gasteiger partial charge in [-0.1, -0.05) is 6.08 Å². The summed E-state index contributed by atoms with van der Waals surface area (Å²) in [6, 6.07) is 5.37. The molecule has 0 saturated heterocycles. The number of carbonyl (C=O) groups excluding carboxylic acids is 1. The van der Waals surface area contributed by atoms with Gasteiger partial charge in [-0.05, 0) is 25.1 Å². The zero-order chi connectivity index (χ0) is 13.5. The Hall–Kier alpha value is -2.50. The van der Waals surface area contributed by atoms with Gasteiger partial charge in [0.25, 0.3) is 11.6 Å². The normalized spacial score (nSPS) is 11.6. The maximum Gasteiger partial charge on any atom is 0.269 e. The van der Waals surface area contributed by atoms with E-state index in [1.807, 2.05) is 6.92 Å². The first kappa shape index (κ1) is 13.6. The lowest BCUT2D eigenvalue weighted by atomic mass is 10.2. The molecular weight excluding hydrogens is 234 g/mol. The summed E-state index contributed by atoms with van der Waals surface area (Å²) in [4.78, 5) is 25.6. The molecule has 0 heterocycles. The van der Waals surface area contributed by atoms with E-state index in [0.717, 1.165) is 0 Å². The number of benzene rings is 1. The second-order valence-electron chi connectivity index (χ2n) is 3.37. The molecule has 0 aliphatic rings. The summed E-state index contributed by atoms with van der Waals surface area (Å²) in [5.74, 6) is 0.0736. The Labute approximate surface area is 104 Å². The molecule has 1 rings (SSSR count). The molecule has 0 bridgehead atoms. The minimum atomic E-state index is -0.513. The van der Waals surface area contributed by atoms with Gasteiger partial charge in [0.15, 0.2) is 0 Å². The van der Waals surface area contributed by atoms with E-state index in [4.69, 9.17) is 0 Å². The third-order valence-corrected chi connectivity index (χ3v) is 2.15. The number of nitro benzene ring substituents is 1. The number of rotatable bonds is 3. The summed E-state index contributed by atoms with van der Waals surface area (Å²) in [6.45, 7) is 1.81. The molecule has 18 heavy (non-hydrogen) atoms. The average Bonchev–Trinajstić information content (AvgIpc) is 2.38. The van der Waals surface area contributed by atoms with Crippen molar-refractivity contribution in [3.63, 3.8) is 0 Å². The second kappa shape index (κ2) is 6.29. The van der Waals surface area contributed by atoms with Crippen molar-refractivity contribution in [2.24, 2.45) is 4.99 Å². The van der Waals surface area contributed by atoms with Gasteiger partial charge in [0.05, 0.1) is 4.92 Å². The van der Waals surface area contributed by atoms with Crippen LogP contribution in [0.25, 0.3) is 0 Å². The van der Waals surface area contributed by atoms with E-state index in [-0.39, 0.29) is 11.6 Å². The van der Waals surface area contributed by atoms with E-state index in [1.165, 1.54) is 24.3 Å². The van der Waals surface area contributed by atoms with Crippen molar-refractivity contribution in [3.05, 3.63) is 52.1 Å². The molecule has 0 saturated carbocycles. The van der Waals surface area contributed by atoms with Crippen LogP contribution in [-0.4, -0.2) is 23.7 Å². The van der Waals surface area contributed by atoms with Gasteiger partial charge in [0, 0.05) is 24.7 Å². The van der Waals surface area contributed by atoms with Crippen LogP contribution in [0.2, 0.25) is 0 Å². The van der Waals surface area contributed by atoms with Gasteiger partial charge in [-0.2, -0.15) is 0 Å².